The highest BCUT2D eigenvalue weighted by Gasteiger charge is 2.22. The minimum Gasteiger partial charge on any atom is -0.338 e. The molecule has 3 aromatic rings. The third-order valence-electron chi connectivity index (χ3n) is 4.51. The lowest BCUT2D eigenvalue weighted by Crippen LogP contribution is -2.36. The van der Waals surface area contributed by atoms with Crippen LogP contribution in [0.3, 0.4) is 0 Å². The summed E-state index contributed by atoms with van der Waals surface area (Å²) >= 11 is 0. The molecule has 0 aliphatic carbocycles. The summed E-state index contributed by atoms with van der Waals surface area (Å²) in [6, 6.07) is 11.0. The topological polar surface area (TPSA) is 169 Å². The molecule has 0 saturated heterocycles. The number of anilines is 1. The van der Waals surface area contributed by atoms with E-state index in [1.165, 1.54) is 18.2 Å². The standard InChI is InChI=1S/C21H24N6O6S/c1-21(2,3)19-25-18(26-33-19)14-7-9-15(10-8-14)24-20(28)22-11-12-23-34(31,32)17-6-4-5-16(13-17)27(29)30/h4-10,13,23H,11-12H2,1-3H3,(H2,22,24,28). The highest BCUT2D eigenvalue weighted by molar-refractivity contribution is 7.89. The summed E-state index contributed by atoms with van der Waals surface area (Å²) < 4.78 is 32.1. The van der Waals surface area contributed by atoms with Gasteiger partial charge in [0.25, 0.3) is 5.69 Å². The zero-order valence-corrected chi connectivity index (χ0v) is 19.5. The van der Waals surface area contributed by atoms with Crippen molar-refractivity contribution >= 4 is 27.4 Å². The van der Waals surface area contributed by atoms with Crippen LogP contribution in [0, 0.1) is 10.1 Å². The molecule has 2 aromatic carbocycles. The number of nitro benzene ring substituents is 1. The number of nitrogens with one attached hydrogen (secondary N) is 3. The molecule has 0 saturated carbocycles. The van der Waals surface area contributed by atoms with Crippen LogP contribution in [0.1, 0.15) is 26.7 Å². The normalized spacial score (nSPS) is 11.7. The Morgan fingerprint density at radius 3 is 2.44 bits per heavy atom. The van der Waals surface area contributed by atoms with Crippen molar-refractivity contribution < 1.29 is 22.7 Å². The highest BCUT2D eigenvalue weighted by atomic mass is 32.2. The molecule has 2 amide bonds. The first-order valence-electron chi connectivity index (χ1n) is 10.2. The summed E-state index contributed by atoms with van der Waals surface area (Å²) in [5, 5.41) is 20.0. The van der Waals surface area contributed by atoms with Crippen LogP contribution in [0.15, 0.2) is 57.9 Å². The van der Waals surface area contributed by atoms with Gasteiger partial charge < -0.3 is 15.2 Å². The second-order valence-corrected chi connectivity index (χ2v) is 10.1. The number of non-ortho nitro benzene ring substituents is 1. The SMILES string of the molecule is CC(C)(C)c1nc(-c2ccc(NC(=O)NCCNS(=O)(=O)c3cccc([N+](=O)[O-])c3)cc2)no1. The Morgan fingerprint density at radius 2 is 1.82 bits per heavy atom. The molecule has 0 aliphatic rings. The number of urea groups is 1. The largest absolute Gasteiger partial charge is 0.338 e. The van der Waals surface area contributed by atoms with E-state index < -0.39 is 21.0 Å². The average Bonchev–Trinajstić information content (AvgIpc) is 3.28. The molecule has 13 heteroatoms. The smallest absolute Gasteiger partial charge is 0.319 e. The minimum absolute atomic E-state index is 0.00346. The number of hydrogen-bond donors (Lipinski definition) is 3. The van der Waals surface area contributed by atoms with Gasteiger partial charge in [-0.2, -0.15) is 4.98 Å². The fourth-order valence-corrected chi connectivity index (χ4v) is 3.80. The van der Waals surface area contributed by atoms with Gasteiger partial charge in [-0.3, -0.25) is 10.1 Å². The minimum atomic E-state index is -3.96. The number of amides is 2. The lowest BCUT2D eigenvalue weighted by Gasteiger charge is -2.10. The third kappa shape index (κ3) is 6.36. The van der Waals surface area contributed by atoms with Gasteiger partial charge in [-0.05, 0) is 30.3 Å². The molecule has 1 aromatic heterocycles. The van der Waals surface area contributed by atoms with Gasteiger partial charge in [-0.1, -0.05) is 32.0 Å². The first-order chi connectivity index (χ1) is 16.0. The van der Waals surface area contributed by atoms with Crippen molar-refractivity contribution in [3.05, 3.63) is 64.5 Å². The van der Waals surface area contributed by atoms with Crippen LogP contribution in [-0.2, 0) is 15.4 Å². The van der Waals surface area contributed by atoms with Gasteiger partial charge in [0.2, 0.25) is 21.7 Å². The van der Waals surface area contributed by atoms with E-state index >= 15 is 0 Å². The van der Waals surface area contributed by atoms with E-state index in [-0.39, 0.29) is 29.1 Å². The van der Waals surface area contributed by atoms with E-state index in [0.29, 0.717) is 17.4 Å². The van der Waals surface area contributed by atoms with Crippen molar-refractivity contribution in [2.45, 2.75) is 31.1 Å². The second kappa shape index (κ2) is 9.97. The fourth-order valence-electron chi connectivity index (χ4n) is 2.73. The Hall–Kier alpha value is -3.84. The maximum absolute atomic E-state index is 12.3. The predicted molar refractivity (Wildman–Crippen MR) is 124 cm³/mol. The Balaban J connectivity index is 1.48. The third-order valence-corrected chi connectivity index (χ3v) is 5.97. The second-order valence-electron chi connectivity index (χ2n) is 8.28. The summed E-state index contributed by atoms with van der Waals surface area (Å²) in [6.07, 6.45) is 0. The van der Waals surface area contributed by atoms with Gasteiger partial charge in [-0.15, -0.1) is 0 Å². The van der Waals surface area contributed by atoms with Crippen LogP contribution in [0.2, 0.25) is 0 Å². The lowest BCUT2D eigenvalue weighted by molar-refractivity contribution is -0.385. The van der Waals surface area contributed by atoms with Crippen LogP contribution in [-0.4, -0.2) is 42.6 Å². The van der Waals surface area contributed by atoms with Crippen molar-refractivity contribution in [1.82, 2.24) is 20.2 Å². The van der Waals surface area contributed by atoms with E-state index in [1.807, 2.05) is 20.8 Å². The average molecular weight is 489 g/mol. The summed E-state index contributed by atoms with van der Waals surface area (Å²) in [5.74, 6) is 0.960. The summed E-state index contributed by atoms with van der Waals surface area (Å²) in [6.45, 7) is 5.79. The van der Waals surface area contributed by atoms with Gasteiger partial charge in [0.05, 0.1) is 9.82 Å². The lowest BCUT2D eigenvalue weighted by atomic mass is 9.97. The number of sulfonamides is 1. The number of nitrogens with zero attached hydrogens (tertiary/aromatic N) is 3. The predicted octanol–water partition coefficient (Wildman–Crippen LogP) is 3.04. The van der Waals surface area contributed by atoms with Gasteiger partial charge in [0, 0.05) is 41.9 Å². The molecular formula is C21H24N6O6S. The van der Waals surface area contributed by atoms with Crippen LogP contribution >= 0.6 is 0 Å². The fraction of sp³-hybridized carbons (Fsp3) is 0.286. The molecule has 1 heterocycles. The van der Waals surface area contributed by atoms with Crippen molar-refractivity contribution in [3.8, 4) is 11.4 Å². The van der Waals surface area contributed by atoms with E-state index in [4.69, 9.17) is 4.52 Å². The van der Waals surface area contributed by atoms with E-state index in [0.717, 1.165) is 11.6 Å². The number of nitro groups is 1. The quantitative estimate of drug-likeness (QED) is 0.247. The maximum atomic E-state index is 12.3. The Kier molecular flexibility index (Phi) is 7.27. The first kappa shape index (κ1) is 24.8. The summed E-state index contributed by atoms with van der Waals surface area (Å²) in [7, 11) is -3.96. The monoisotopic (exact) mass is 488 g/mol. The molecular weight excluding hydrogens is 464 g/mol. The number of carbonyl (C=O) groups excluding carboxylic acids is 1. The molecule has 0 atom stereocenters. The van der Waals surface area contributed by atoms with Crippen molar-refractivity contribution in [2.24, 2.45) is 0 Å². The highest BCUT2D eigenvalue weighted by Crippen LogP contribution is 2.24. The Morgan fingerprint density at radius 1 is 1.12 bits per heavy atom. The van der Waals surface area contributed by atoms with E-state index in [1.54, 1.807) is 24.3 Å². The Bertz CT molecular complexity index is 1280. The van der Waals surface area contributed by atoms with Gasteiger partial charge >= 0.3 is 6.03 Å². The van der Waals surface area contributed by atoms with Crippen LogP contribution in [0.4, 0.5) is 16.2 Å². The molecule has 3 N–H and O–H groups in total. The van der Waals surface area contributed by atoms with Crippen molar-refractivity contribution in [3.63, 3.8) is 0 Å². The molecule has 0 bridgehead atoms. The summed E-state index contributed by atoms with van der Waals surface area (Å²) in [4.78, 5) is 26.4. The zero-order valence-electron chi connectivity index (χ0n) is 18.7. The number of aromatic nitrogens is 2. The number of hydrogen-bond acceptors (Lipinski definition) is 8. The van der Waals surface area contributed by atoms with Gasteiger partial charge in [0.15, 0.2) is 0 Å². The molecule has 34 heavy (non-hydrogen) atoms. The first-order valence-corrected chi connectivity index (χ1v) is 11.7. The molecule has 180 valence electrons. The summed E-state index contributed by atoms with van der Waals surface area (Å²) in [5.41, 5.74) is 0.636. The Labute approximate surface area is 196 Å². The number of rotatable bonds is 8. The van der Waals surface area contributed by atoms with Crippen LogP contribution in [0.5, 0.6) is 0 Å². The molecule has 0 unspecified atom stereocenters. The van der Waals surface area contributed by atoms with E-state index in [2.05, 4.69) is 25.5 Å². The van der Waals surface area contributed by atoms with E-state index in [9.17, 15) is 23.3 Å². The molecule has 12 nitrogen and oxygen atoms in total. The molecule has 0 spiro atoms. The molecule has 0 radical (unpaired) electrons. The number of benzene rings is 2. The molecule has 0 fully saturated rings. The molecule has 3 rings (SSSR count). The zero-order chi connectivity index (χ0) is 24.9. The maximum Gasteiger partial charge on any atom is 0.319 e. The number of carbonyl (C=O) groups is 1. The van der Waals surface area contributed by atoms with Gasteiger partial charge in [0.1, 0.15) is 0 Å². The van der Waals surface area contributed by atoms with Crippen molar-refractivity contribution in [1.29, 1.82) is 0 Å². The van der Waals surface area contributed by atoms with Gasteiger partial charge in [-0.25, -0.2) is 17.9 Å². The van der Waals surface area contributed by atoms with Crippen LogP contribution in [0.25, 0.3) is 11.4 Å². The van der Waals surface area contributed by atoms with Crippen LogP contribution < -0.4 is 15.4 Å². The molecule has 0 aliphatic heterocycles. The van der Waals surface area contributed by atoms with Crippen molar-refractivity contribution in [2.75, 3.05) is 18.4 Å².